The van der Waals surface area contributed by atoms with Gasteiger partial charge in [-0.25, -0.2) is 0 Å². The van der Waals surface area contributed by atoms with Gasteiger partial charge in [-0.05, 0) is 44.6 Å². The summed E-state index contributed by atoms with van der Waals surface area (Å²) in [6.07, 6.45) is 3.96. The van der Waals surface area contributed by atoms with Gasteiger partial charge in [0.25, 0.3) is 0 Å². The lowest BCUT2D eigenvalue weighted by molar-refractivity contribution is 0.260. The fourth-order valence-electron chi connectivity index (χ4n) is 3.43. The van der Waals surface area contributed by atoms with E-state index < -0.39 is 0 Å². The highest BCUT2D eigenvalue weighted by Gasteiger charge is 2.20. The summed E-state index contributed by atoms with van der Waals surface area (Å²) in [5.41, 5.74) is 1.95. The van der Waals surface area contributed by atoms with Gasteiger partial charge in [-0.1, -0.05) is 0 Å². The molecule has 0 aliphatic carbocycles. The van der Waals surface area contributed by atoms with Crippen LogP contribution in [0, 0.1) is 0 Å². The number of anilines is 1. The van der Waals surface area contributed by atoms with Gasteiger partial charge in [-0.15, -0.1) is 10.2 Å². The zero-order valence-electron chi connectivity index (χ0n) is 14.9. The molecule has 0 spiro atoms. The number of fused-ring (bicyclic) bond motifs is 1. The maximum atomic E-state index is 10.3. The predicted molar refractivity (Wildman–Crippen MR) is 98.6 cm³/mol. The zero-order valence-corrected chi connectivity index (χ0v) is 14.9. The number of likely N-dealkylation sites (tertiary alicyclic amines) is 1. The minimum Gasteiger partial charge on any atom is -0.507 e. The number of benzene rings is 1. The van der Waals surface area contributed by atoms with Crippen molar-refractivity contribution in [2.45, 2.75) is 18.9 Å². The van der Waals surface area contributed by atoms with Crippen LogP contribution < -0.4 is 10.1 Å². The van der Waals surface area contributed by atoms with Gasteiger partial charge < -0.3 is 20.1 Å². The van der Waals surface area contributed by atoms with Crippen LogP contribution >= 0.6 is 0 Å². The molecule has 1 saturated heterocycles. The molecule has 0 radical (unpaired) electrons. The van der Waals surface area contributed by atoms with E-state index in [2.05, 4.69) is 32.6 Å². The topological polar surface area (TPSA) is 87.8 Å². The number of ether oxygens (including phenoxy) is 1. The highest BCUT2D eigenvalue weighted by Crippen LogP contribution is 2.33. The minimum atomic E-state index is 0.0939. The molecule has 1 atom stereocenters. The van der Waals surface area contributed by atoms with Crippen LogP contribution in [-0.4, -0.2) is 63.1 Å². The number of phenolic OH excluding ortho intramolecular Hbond substituents is 1. The van der Waals surface area contributed by atoms with Crippen molar-refractivity contribution in [2.75, 3.05) is 32.6 Å². The first-order chi connectivity index (χ1) is 12.7. The molecule has 0 amide bonds. The van der Waals surface area contributed by atoms with Crippen LogP contribution in [0.5, 0.6) is 11.5 Å². The van der Waals surface area contributed by atoms with Crippen molar-refractivity contribution in [3.05, 3.63) is 30.5 Å². The first kappa shape index (κ1) is 16.6. The number of nitrogens with zero attached hydrogens (tertiary/aromatic N) is 5. The molecule has 0 saturated carbocycles. The maximum Gasteiger partial charge on any atom is 0.244 e. The van der Waals surface area contributed by atoms with Crippen LogP contribution in [0.15, 0.2) is 30.5 Å². The second-order valence-electron chi connectivity index (χ2n) is 6.63. The SMILES string of the molecule is COc1ccc(-c2nnc(N[C@@H]3CCCN(C)C3)n3nccc23)c(O)c1. The third kappa shape index (κ3) is 3.03. The van der Waals surface area contributed by atoms with Gasteiger partial charge in [-0.2, -0.15) is 9.61 Å². The Balaban J connectivity index is 1.70. The summed E-state index contributed by atoms with van der Waals surface area (Å²) >= 11 is 0. The Labute approximate surface area is 151 Å². The van der Waals surface area contributed by atoms with E-state index in [1.165, 1.54) is 0 Å². The largest absolute Gasteiger partial charge is 0.507 e. The van der Waals surface area contributed by atoms with E-state index in [1.54, 1.807) is 36.0 Å². The first-order valence-corrected chi connectivity index (χ1v) is 8.68. The first-order valence-electron chi connectivity index (χ1n) is 8.68. The standard InChI is InChI=1S/C18H22N6O2/c1-23-9-3-4-12(11-23)20-18-22-21-17(15-7-8-19-24(15)18)14-6-5-13(26-2)10-16(14)25/h5-8,10,12,25H,3-4,9,11H2,1-2H3,(H,20,22)/t12-/m1/s1. The van der Waals surface area contributed by atoms with Gasteiger partial charge in [0.05, 0.1) is 18.8 Å². The monoisotopic (exact) mass is 354 g/mol. The van der Waals surface area contributed by atoms with Gasteiger partial charge >= 0.3 is 0 Å². The summed E-state index contributed by atoms with van der Waals surface area (Å²) < 4.78 is 6.88. The van der Waals surface area contributed by atoms with Gasteiger partial charge in [0.1, 0.15) is 17.2 Å². The normalized spacial score (nSPS) is 18.2. The molecule has 2 aromatic heterocycles. The molecule has 136 valence electrons. The molecule has 3 aromatic rings. The van der Waals surface area contributed by atoms with Crippen LogP contribution in [0.2, 0.25) is 0 Å². The number of aromatic hydroxyl groups is 1. The van der Waals surface area contributed by atoms with Gasteiger partial charge in [-0.3, -0.25) is 0 Å². The average Bonchev–Trinajstić information content (AvgIpc) is 3.13. The third-order valence-corrected chi connectivity index (χ3v) is 4.75. The number of phenols is 1. The molecule has 8 nitrogen and oxygen atoms in total. The fourth-order valence-corrected chi connectivity index (χ4v) is 3.43. The number of hydrogen-bond acceptors (Lipinski definition) is 7. The molecule has 0 bridgehead atoms. The minimum absolute atomic E-state index is 0.0939. The molecular formula is C18H22N6O2. The number of piperidine rings is 1. The number of methoxy groups -OCH3 is 1. The summed E-state index contributed by atoms with van der Waals surface area (Å²) in [5, 5.41) is 26.9. The Morgan fingerprint density at radius 3 is 2.92 bits per heavy atom. The smallest absolute Gasteiger partial charge is 0.244 e. The van der Waals surface area contributed by atoms with E-state index in [1.807, 2.05) is 6.07 Å². The van der Waals surface area contributed by atoms with Crippen molar-refractivity contribution in [1.82, 2.24) is 24.7 Å². The second-order valence-corrected chi connectivity index (χ2v) is 6.63. The van der Waals surface area contributed by atoms with Gasteiger partial charge in [0.15, 0.2) is 0 Å². The predicted octanol–water partition coefficient (Wildman–Crippen LogP) is 2.01. The molecule has 1 fully saturated rings. The molecule has 1 aliphatic rings. The van der Waals surface area contributed by atoms with E-state index in [-0.39, 0.29) is 5.75 Å². The number of nitrogens with one attached hydrogen (secondary N) is 1. The highest BCUT2D eigenvalue weighted by molar-refractivity contribution is 5.81. The summed E-state index contributed by atoms with van der Waals surface area (Å²) in [6, 6.07) is 7.30. The van der Waals surface area contributed by atoms with Crippen molar-refractivity contribution in [3.8, 4) is 22.8 Å². The number of aromatic nitrogens is 4. The van der Waals surface area contributed by atoms with Crippen LogP contribution in [0.1, 0.15) is 12.8 Å². The van der Waals surface area contributed by atoms with E-state index in [0.29, 0.717) is 29.0 Å². The van der Waals surface area contributed by atoms with E-state index in [9.17, 15) is 5.11 Å². The Bertz CT molecular complexity index is 925. The van der Waals surface area contributed by atoms with Crippen LogP contribution in [0.3, 0.4) is 0 Å². The number of likely N-dealkylation sites (N-methyl/N-ethyl adjacent to an activating group) is 1. The summed E-state index contributed by atoms with van der Waals surface area (Å²) in [4.78, 5) is 2.30. The average molecular weight is 354 g/mol. The molecule has 1 aliphatic heterocycles. The Morgan fingerprint density at radius 1 is 1.27 bits per heavy atom. The van der Waals surface area contributed by atoms with Crippen LogP contribution in [0.25, 0.3) is 16.8 Å². The van der Waals surface area contributed by atoms with Crippen molar-refractivity contribution < 1.29 is 9.84 Å². The second kappa shape index (κ2) is 6.80. The summed E-state index contributed by atoms with van der Waals surface area (Å²) in [5.74, 6) is 1.29. The molecule has 8 heteroatoms. The van der Waals surface area contributed by atoms with Gasteiger partial charge in [0, 0.05) is 24.2 Å². The van der Waals surface area contributed by atoms with Crippen LogP contribution in [-0.2, 0) is 0 Å². The van der Waals surface area contributed by atoms with Crippen molar-refractivity contribution >= 4 is 11.5 Å². The molecule has 4 rings (SSSR count). The molecular weight excluding hydrogens is 332 g/mol. The summed E-state index contributed by atoms with van der Waals surface area (Å²) in [6.45, 7) is 2.09. The van der Waals surface area contributed by atoms with Crippen LogP contribution in [0.4, 0.5) is 5.95 Å². The Morgan fingerprint density at radius 2 is 2.15 bits per heavy atom. The molecule has 3 heterocycles. The van der Waals surface area contributed by atoms with Crippen molar-refractivity contribution in [1.29, 1.82) is 0 Å². The van der Waals surface area contributed by atoms with E-state index >= 15 is 0 Å². The lowest BCUT2D eigenvalue weighted by Gasteiger charge is -2.30. The molecule has 0 unspecified atom stereocenters. The molecule has 2 N–H and O–H groups in total. The third-order valence-electron chi connectivity index (χ3n) is 4.75. The van der Waals surface area contributed by atoms with E-state index in [4.69, 9.17) is 4.74 Å². The van der Waals surface area contributed by atoms with Crippen molar-refractivity contribution in [3.63, 3.8) is 0 Å². The summed E-state index contributed by atoms with van der Waals surface area (Å²) in [7, 11) is 3.69. The number of hydrogen-bond donors (Lipinski definition) is 2. The Kier molecular flexibility index (Phi) is 4.34. The van der Waals surface area contributed by atoms with Gasteiger partial charge in [0.2, 0.25) is 5.95 Å². The molecule has 26 heavy (non-hydrogen) atoms. The zero-order chi connectivity index (χ0) is 18.1. The number of rotatable bonds is 4. The van der Waals surface area contributed by atoms with E-state index in [0.717, 1.165) is 31.4 Å². The fraction of sp³-hybridized carbons (Fsp3) is 0.389. The lowest BCUT2D eigenvalue weighted by Crippen LogP contribution is -2.40. The quantitative estimate of drug-likeness (QED) is 0.741. The Hall–Kier alpha value is -2.87. The maximum absolute atomic E-state index is 10.3. The van der Waals surface area contributed by atoms with Crippen molar-refractivity contribution in [2.24, 2.45) is 0 Å². The molecule has 1 aromatic carbocycles. The highest BCUT2D eigenvalue weighted by atomic mass is 16.5. The lowest BCUT2D eigenvalue weighted by atomic mass is 10.1.